The summed E-state index contributed by atoms with van der Waals surface area (Å²) in [4.78, 5) is 0. The number of rotatable bonds is 4. The number of hydrogen-bond donors (Lipinski definition) is 1. The summed E-state index contributed by atoms with van der Waals surface area (Å²) in [7, 11) is 0. The van der Waals surface area contributed by atoms with Crippen molar-refractivity contribution in [2.75, 3.05) is 5.32 Å². The molecule has 2 atom stereocenters. The summed E-state index contributed by atoms with van der Waals surface area (Å²) in [6.07, 6.45) is 6.88. The summed E-state index contributed by atoms with van der Waals surface area (Å²) >= 11 is 0. The first-order valence-corrected chi connectivity index (χ1v) is 8.71. The minimum Gasteiger partial charge on any atom is -0.382 e. The van der Waals surface area contributed by atoms with Crippen molar-refractivity contribution in [3.63, 3.8) is 0 Å². The smallest absolute Gasteiger partial charge is 0.0342 e. The van der Waals surface area contributed by atoms with E-state index < -0.39 is 0 Å². The van der Waals surface area contributed by atoms with Gasteiger partial charge in [-0.05, 0) is 54.2 Å². The van der Waals surface area contributed by atoms with Crippen LogP contribution in [0.5, 0.6) is 0 Å². The predicted molar refractivity (Wildman–Crippen MR) is 94.0 cm³/mol. The molecule has 0 heterocycles. The Balaban J connectivity index is 1.92. The summed E-state index contributed by atoms with van der Waals surface area (Å²) in [6.45, 7) is 11.5. The van der Waals surface area contributed by atoms with Gasteiger partial charge in [0.1, 0.15) is 0 Å². The van der Waals surface area contributed by atoms with Gasteiger partial charge in [-0.2, -0.15) is 0 Å². The molecule has 0 spiro atoms. The Labute approximate surface area is 131 Å². The normalized spacial score (nSPS) is 23.3. The van der Waals surface area contributed by atoms with Crippen LogP contribution in [0.4, 0.5) is 5.69 Å². The van der Waals surface area contributed by atoms with Crippen molar-refractivity contribution in [1.82, 2.24) is 0 Å². The Hall–Kier alpha value is -0.980. The van der Waals surface area contributed by atoms with E-state index in [0.29, 0.717) is 6.04 Å². The van der Waals surface area contributed by atoms with Gasteiger partial charge in [0.15, 0.2) is 0 Å². The zero-order valence-corrected chi connectivity index (χ0v) is 14.6. The zero-order chi connectivity index (χ0) is 15.5. The molecule has 2 rings (SSSR count). The van der Waals surface area contributed by atoms with Crippen LogP contribution in [0.15, 0.2) is 24.3 Å². The van der Waals surface area contributed by atoms with E-state index in [4.69, 9.17) is 0 Å². The summed E-state index contributed by atoms with van der Waals surface area (Å²) in [5.74, 6) is 1.75. The first-order chi connectivity index (χ1) is 9.84. The fourth-order valence-electron chi connectivity index (χ4n) is 3.60. The van der Waals surface area contributed by atoms with Gasteiger partial charge in [-0.15, -0.1) is 0 Å². The summed E-state index contributed by atoms with van der Waals surface area (Å²) < 4.78 is 0. The number of benzene rings is 1. The van der Waals surface area contributed by atoms with Crippen molar-refractivity contribution in [3.8, 4) is 0 Å². The standard InChI is InChI=1S/C20H33N/c1-15(2)13-16-7-6-8-19(14-16)21-18-11-9-17(10-12-18)20(3,4)5/h9-12,15-16,19,21H,6-8,13-14H2,1-5H3. The molecule has 1 fully saturated rings. The van der Waals surface area contributed by atoms with Crippen LogP contribution in [0.2, 0.25) is 0 Å². The van der Waals surface area contributed by atoms with Gasteiger partial charge in [-0.25, -0.2) is 0 Å². The topological polar surface area (TPSA) is 12.0 Å². The van der Waals surface area contributed by atoms with Gasteiger partial charge in [0.05, 0.1) is 0 Å². The first kappa shape index (κ1) is 16.4. The maximum atomic E-state index is 3.76. The van der Waals surface area contributed by atoms with Crippen LogP contribution in [0.25, 0.3) is 0 Å². The van der Waals surface area contributed by atoms with E-state index in [2.05, 4.69) is 64.2 Å². The summed E-state index contributed by atoms with van der Waals surface area (Å²) in [6, 6.07) is 9.73. The zero-order valence-electron chi connectivity index (χ0n) is 14.6. The van der Waals surface area contributed by atoms with Crippen molar-refractivity contribution in [1.29, 1.82) is 0 Å². The lowest BCUT2D eigenvalue weighted by molar-refractivity contribution is 0.289. The van der Waals surface area contributed by atoms with Crippen molar-refractivity contribution < 1.29 is 0 Å². The predicted octanol–water partition coefficient (Wildman–Crippen LogP) is 6.00. The molecule has 1 aromatic rings. The Morgan fingerprint density at radius 3 is 2.33 bits per heavy atom. The second-order valence-electron chi connectivity index (χ2n) is 8.33. The molecule has 0 amide bonds. The Morgan fingerprint density at radius 2 is 1.76 bits per heavy atom. The molecule has 2 unspecified atom stereocenters. The first-order valence-electron chi connectivity index (χ1n) is 8.71. The highest BCUT2D eigenvalue weighted by Crippen LogP contribution is 2.31. The molecule has 0 radical (unpaired) electrons. The largest absolute Gasteiger partial charge is 0.382 e. The lowest BCUT2D eigenvalue weighted by Crippen LogP contribution is -2.28. The van der Waals surface area contributed by atoms with E-state index in [0.717, 1.165) is 11.8 Å². The molecule has 0 saturated heterocycles. The highest BCUT2D eigenvalue weighted by atomic mass is 14.9. The van der Waals surface area contributed by atoms with Crippen molar-refractivity contribution in [2.24, 2.45) is 11.8 Å². The highest BCUT2D eigenvalue weighted by Gasteiger charge is 2.22. The lowest BCUT2D eigenvalue weighted by Gasteiger charge is -2.31. The molecule has 21 heavy (non-hydrogen) atoms. The fraction of sp³-hybridized carbons (Fsp3) is 0.700. The fourth-order valence-corrected chi connectivity index (χ4v) is 3.60. The molecule has 1 aromatic carbocycles. The molecule has 1 saturated carbocycles. The van der Waals surface area contributed by atoms with Crippen LogP contribution < -0.4 is 5.32 Å². The molecule has 0 aromatic heterocycles. The maximum absolute atomic E-state index is 3.76. The molecule has 118 valence electrons. The number of nitrogens with one attached hydrogen (secondary N) is 1. The second kappa shape index (κ2) is 6.85. The van der Waals surface area contributed by atoms with E-state index in [1.54, 1.807) is 0 Å². The van der Waals surface area contributed by atoms with E-state index >= 15 is 0 Å². The Kier molecular flexibility index (Phi) is 5.35. The monoisotopic (exact) mass is 287 g/mol. The second-order valence-corrected chi connectivity index (χ2v) is 8.33. The average molecular weight is 287 g/mol. The quantitative estimate of drug-likeness (QED) is 0.716. The van der Waals surface area contributed by atoms with Gasteiger partial charge >= 0.3 is 0 Å². The van der Waals surface area contributed by atoms with E-state index in [9.17, 15) is 0 Å². The molecule has 0 aliphatic heterocycles. The highest BCUT2D eigenvalue weighted by molar-refractivity contribution is 5.46. The van der Waals surface area contributed by atoms with Gasteiger partial charge < -0.3 is 5.32 Å². The molecule has 1 heteroatoms. The van der Waals surface area contributed by atoms with Gasteiger partial charge in [0.25, 0.3) is 0 Å². The van der Waals surface area contributed by atoms with Gasteiger partial charge in [0.2, 0.25) is 0 Å². The van der Waals surface area contributed by atoms with Crippen molar-refractivity contribution in [3.05, 3.63) is 29.8 Å². The number of anilines is 1. The van der Waals surface area contributed by atoms with E-state index in [1.165, 1.54) is 43.4 Å². The van der Waals surface area contributed by atoms with E-state index in [-0.39, 0.29) is 5.41 Å². The maximum Gasteiger partial charge on any atom is 0.0342 e. The Morgan fingerprint density at radius 1 is 1.10 bits per heavy atom. The lowest BCUT2D eigenvalue weighted by atomic mass is 9.81. The third-order valence-electron chi connectivity index (χ3n) is 4.71. The summed E-state index contributed by atoms with van der Waals surface area (Å²) in [5.41, 5.74) is 2.94. The van der Waals surface area contributed by atoms with Crippen LogP contribution in [0.1, 0.15) is 72.3 Å². The average Bonchev–Trinajstić information content (AvgIpc) is 2.38. The molecule has 1 nitrogen and oxygen atoms in total. The van der Waals surface area contributed by atoms with Crippen LogP contribution in [-0.4, -0.2) is 6.04 Å². The molecule has 0 bridgehead atoms. The SMILES string of the molecule is CC(C)CC1CCCC(Nc2ccc(C(C)(C)C)cc2)C1. The van der Waals surface area contributed by atoms with Crippen LogP contribution in [-0.2, 0) is 5.41 Å². The van der Waals surface area contributed by atoms with Gasteiger partial charge in [-0.3, -0.25) is 0 Å². The molecule has 1 aliphatic rings. The number of hydrogen-bond acceptors (Lipinski definition) is 1. The van der Waals surface area contributed by atoms with Crippen LogP contribution in [0, 0.1) is 11.8 Å². The molecule has 1 aliphatic carbocycles. The molecule has 1 N–H and O–H groups in total. The third kappa shape index (κ3) is 5.05. The van der Waals surface area contributed by atoms with Crippen LogP contribution >= 0.6 is 0 Å². The molecular formula is C20H33N. The van der Waals surface area contributed by atoms with Crippen molar-refractivity contribution in [2.45, 2.75) is 78.2 Å². The third-order valence-corrected chi connectivity index (χ3v) is 4.71. The van der Waals surface area contributed by atoms with Gasteiger partial charge in [-0.1, -0.05) is 59.6 Å². The minimum atomic E-state index is 0.242. The van der Waals surface area contributed by atoms with Crippen LogP contribution in [0.3, 0.4) is 0 Å². The van der Waals surface area contributed by atoms with Crippen molar-refractivity contribution >= 4 is 5.69 Å². The Bertz CT molecular complexity index is 424. The van der Waals surface area contributed by atoms with Gasteiger partial charge in [0, 0.05) is 11.7 Å². The van der Waals surface area contributed by atoms with E-state index in [1.807, 2.05) is 0 Å². The summed E-state index contributed by atoms with van der Waals surface area (Å²) in [5, 5.41) is 3.76. The molecular weight excluding hydrogens is 254 g/mol. The minimum absolute atomic E-state index is 0.242.